The molecule has 1 amide bonds. The number of hydrogen-bond acceptors (Lipinski definition) is 6. The molecule has 4 aromatic rings. The first kappa shape index (κ1) is 16.9. The first-order valence-corrected chi connectivity index (χ1v) is 9.41. The number of halogens is 1. The topological polar surface area (TPSA) is 72.1 Å². The summed E-state index contributed by atoms with van der Waals surface area (Å²) in [7, 11) is 0. The van der Waals surface area contributed by atoms with E-state index in [0.29, 0.717) is 17.4 Å². The van der Waals surface area contributed by atoms with Gasteiger partial charge in [0.25, 0.3) is 5.91 Å². The third-order valence-corrected chi connectivity index (χ3v) is 5.25. The highest BCUT2D eigenvalue weighted by molar-refractivity contribution is 9.10. The Kier molecular flexibility index (Phi) is 4.52. The van der Waals surface area contributed by atoms with E-state index >= 15 is 0 Å². The van der Waals surface area contributed by atoms with Crippen molar-refractivity contribution in [1.29, 1.82) is 0 Å². The van der Waals surface area contributed by atoms with E-state index in [9.17, 15) is 4.79 Å². The lowest BCUT2D eigenvalue weighted by molar-refractivity contribution is 0.0949. The maximum absolute atomic E-state index is 13.0. The summed E-state index contributed by atoms with van der Waals surface area (Å²) in [6, 6.07) is 11.2. The molecule has 130 valence electrons. The fraction of sp³-hybridized carbons (Fsp3) is 0.111. The molecule has 0 atom stereocenters. The number of benzene rings is 1. The van der Waals surface area contributed by atoms with Gasteiger partial charge >= 0.3 is 0 Å². The second-order valence-corrected chi connectivity index (χ2v) is 7.62. The van der Waals surface area contributed by atoms with Crippen LogP contribution in [-0.4, -0.2) is 21.0 Å². The zero-order chi connectivity index (χ0) is 18.1. The molecule has 0 N–H and O–H groups in total. The Bertz CT molecular complexity index is 1080. The molecule has 0 fully saturated rings. The van der Waals surface area contributed by atoms with Gasteiger partial charge in [0.05, 0.1) is 22.5 Å². The average Bonchev–Trinajstić information content (AvgIpc) is 3.25. The van der Waals surface area contributed by atoms with Crippen molar-refractivity contribution in [3.8, 4) is 0 Å². The van der Waals surface area contributed by atoms with Crippen LogP contribution in [0.1, 0.15) is 21.8 Å². The van der Waals surface area contributed by atoms with Crippen molar-refractivity contribution in [2.45, 2.75) is 13.5 Å². The highest BCUT2D eigenvalue weighted by Gasteiger charge is 2.25. The summed E-state index contributed by atoms with van der Waals surface area (Å²) in [4.78, 5) is 23.4. The monoisotopic (exact) mass is 428 g/mol. The first-order valence-electron chi connectivity index (χ1n) is 7.80. The average molecular weight is 429 g/mol. The SMILES string of the molecule is Cc1cc(C(=O)N(Cc2cccnc2)c2nc3ccc(Br)cc3s2)on1. The van der Waals surface area contributed by atoms with Crippen LogP contribution in [0.2, 0.25) is 0 Å². The Labute approximate surface area is 161 Å². The summed E-state index contributed by atoms with van der Waals surface area (Å²) < 4.78 is 7.13. The fourth-order valence-electron chi connectivity index (χ4n) is 2.50. The maximum atomic E-state index is 13.0. The zero-order valence-electron chi connectivity index (χ0n) is 13.7. The first-order chi connectivity index (χ1) is 12.6. The predicted octanol–water partition coefficient (Wildman–Crippen LogP) is 4.60. The lowest BCUT2D eigenvalue weighted by Gasteiger charge is -2.18. The number of carbonyl (C=O) groups is 1. The van der Waals surface area contributed by atoms with Crippen LogP contribution in [0.15, 0.2) is 57.8 Å². The molecule has 0 saturated carbocycles. The van der Waals surface area contributed by atoms with Crippen molar-refractivity contribution in [2.75, 3.05) is 4.90 Å². The Morgan fingerprint density at radius 3 is 2.92 bits per heavy atom. The smallest absolute Gasteiger partial charge is 0.298 e. The highest BCUT2D eigenvalue weighted by atomic mass is 79.9. The number of aromatic nitrogens is 3. The van der Waals surface area contributed by atoms with Crippen LogP contribution in [-0.2, 0) is 6.54 Å². The van der Waals surface area contributed by atoms with Crippen molar-refractivity contribution >= 4 is 48.5 Å². The molecule has 8 heteroatoms. The number of fused-ring (bicyclic) bond motifs is 1. The van der Waals surface area contributed by atoms with Crippen LogP contribution in [0.5, 0.6) is 0 Å². The number of hydrogen-bond donors (Lipinski definition) is 0. The molecule has 4 rings (SSSR count). The number of carbonyl (C=O) groups excluding carboxylic acids is 1. The summed E-state index contributed by atoms with van der Waals surface area (Å²) in [5.41, 5.74) is 2.39. The number of pyridine rings is 1. The molecule has 1 aromatic carbocycles. The molecule has 0 saturated heterocycles. The molecule has 0 aliphatic carbocycles. The molecule has 0 radical (unpaired) electrons. The summed E-state index contributed by atoms with van der Waals surface area (Å²) in [6.45, 7) is 2.12. The van der Waals surface area contributed by atoms with Gasteiger partial charge in [-0.15, -0.1) is 0 Å². The number of rotatable bonds is 4. The van der Waals surface area contributed by atoms with Crippen LogP contribution in [0.25, 0.3) is 10.2 Å². The Morgan fingerprint density at radius 2 is 2.19 bits per heavy atom. The van der Waals surface area contributed by atoms with E-state index < -0.39 is 0 Å². The van der Waals surface area contributed by atoms with E-state index in [1.807, 2.05) is 30.3 Å². The van der Waals surface area contributed by atoms with E-state index in [2.05, 4.69) is 31.1 Å². The van der Waals surface area contributed by atoms with Gasteiger partial charge in [-0.1, -0.05) is 38.5 Å². The van der Waals surface area contributed by atoms with E-state index in [1.165, 1.54) is 11.3 Å². The molecule has 0 bridgehead atoms. The summed E-state index contributed by atoms with van der Waals surface area (Å²) in [6.07, 6.45) is 3.43. The maximum Gasteiger partial charge on any atom is 0.298 e. The highest BCUT2D eigenvalue weighted by Crippen LogP contribution is 2.32. The van der Waals surface area contributed by atoms with E-state index in [0.717, 1.165) is 20.3 Å². The summed E-state index contributed by atoms with van der Waals surface area (Å²) in [5.74, 6) is -0.0978. The van der Waals surface area contributed by atoms with Crippen molar-refractivity contribution in [3.05, 3.63) is 70.3 Å². The van der Waals surface area contributed by atoms with Crippen LogP contribution < -0.4 is 4.90 Å². The number of nitrogens with zero attached hydrogens (tertiary/aromatic N) is 4. The van der Waals surface area contributed by atoms with Gasteiger partial charge in [0.1, 0.15) is 0 Å². The number of thiazole rings is 1. The van der Waals surface area contributed by atoms with Gasteiger partial charge in [-0.2, -0.15) is 0 Å². The Morgan fingerprint density at radius 1 is 1.31 bits per heavy atom. The zero-order valence-corrected chi connectivity index (χ0v) is 16.1. The minimum absolute atomic E-state index is 0.187. The molecular weight excluding hydrogens is 416 g/mol. The third kappa shape index (κ3) is 3.38. The molecule has 3 heterocycles. The number of anilines is 1. The van der Waals surface area contributed by atoms with Crippen molar-refractivity contribution in [1.82, 2.24) is 15.1 Å². The molecule has 0 spiro atoms. The summed E-state index contributed by atoms with van der Waals surface area (Å²) >= 11 is 4.92. The van der Waals surface area contributed by atoms with Gasteiger partial charge in [0.15, 0.2) is 5.13 Å². The Balaban J connectivity index is 1.76. The standard InChI is InChI=1S/C18H13BrN4O2S/c1-11-7-15(25-22-11)17(24)23(10-12-3-2-6-20-9-12)18-21-14-5-4-13(19)8-16(14)26-18/h2-9H,10H2,1H3. The molecular formula is C18H13BrN4O2S. The van der Waals surface area contributed by atoms with Gasteiger partial charge in [0, 0.05) is 22.9 Å². The summed E-state index contributed by atoms with van der Waals surface area (Å²) in [5, 5.41) is 4.42. The lowest BCUT2D eigenvalue weighted by Crippen LogP contribution is -2.30. The fourth-order valence-corrected chi connectivity index (χ4v) is 4.01. The van der Waals surface area contributed by atoms with Crippen molar-refractivity contribution in [2.24, 2.45) is 0 Å². The molecule has 0 aliphatic rings. The van der Waals surface area contributed by atoms with Crippen molar-refractivity contribution < 1.29 is 9.32 Å². The largest absolute Gasteiger partial charge is 0.351 e. The van der Waals surface area contributed by atoms with E-state index in [-0.39, 0.29) is 11.7 Å². The molecule has 0 aliphatic heterocycles. The van der Waals surface area contributed by atoms with Crippen LogP contribution >= 0.6 is 27.3 Å². The molecule has 6 nitrogen and oxygen atoms in total. The van der Waals surface area contributed by atoms with Gasteiger partial charge in [-0.3, -0.25) is 14.7 Å². The number of aryl methyl sites for hydroxylation is 1. The van der Waals surface area contributed by atoms with Gasteiger partial charge < -0.3 is 4.52 Å². The van der Waals surface area contributed by atoms with Crippen LogP contribution in [0, 0.1) is 6.92 Å². The van der Waals surface area contributed by atoms with E-state index in [1.54, 1.807) is 30.3 Å². The van der Waals surface area contributed by atoms with Gasteiger partial charge in [0.2, 0.25) is 5.76 Å². The lowest BCUT2D eigenvalue weighted by atomic mass is 10.2. The van der Waals surface area contributed by atoms with Crippen LogP contribution in [0.3, 0.4) is 0 Å². The van der Waals surface area contributed by atoms with Crippen LogP contribution in [0.4, 0.5) is 5.13 Å². The molecule has 0 unspecified atom stereocenters. The second-order valence-electron chi connectivity index (χ2n) is 5.69. The minimum atomic E-state index is -0.285. The minimum Gasteiger partial charge on any atom is -0.351 e. The van der Waals surface area contributed by atoms with Gasteiger partial charge in [-0.05, 0) is 36.8 Å². The molecule has 26 heavy (non-hydrogen) atoms. The predicted molar refractivity (Wildman–Crippen MR) is 103 cm³/mol. The Hall–Kier alpha value is -2.58. The quantitative estimate of drug-likeness (QED) is 0.474. The number of amides is 1. The molecule has 3 aromatic heterocycles. The normalized spacial score (nSPS) is 11.0. The second kappa shape index (κ2) is 6.97. The third-order valence-electron chi connectivity index (χ3n) is 3.72. The van der Waals surface area contributed by atoms with E-state index in [4.69, 9.17) is 4.52 Å². The van der Waals surface area contributed by atoms with Crippen molar-refractivity contribution in [3.63, 3.8) is 0 Å². The van der Waals surface area contributed by atoms with Gasteiger partial charge in [-0.25, -0.2) is 4.98 Å².